The van der Waals surface area contributed by atoms with Crippen LogP contribution >= 0.6 is 0 Å². The maximum atomic E-state index is 11.5. The highest BCUT2D eigenvalue weighted by Gasteiger charge is 2.21. The average Bonchev–Trinajstić information content (AvgIpc) is 2.47. The minimum absolute atomic E-state index is 0.0257. The number of nitrogens with two attached hydrogens (primary N) is 1. The summed E-state index contributed by atoms with van der Waals surface area (Å²) in [5.74, 6) is 0.932. The molecule has 1 fully saturated rings. The molecule has 1 heterocycles. The number of piperazine rings is 1. The van der Waals surface area contributed by atoms with Gasteiger partial charge in [0.15, 0.2) is 0 Å². The van der Waals surface area contributed by atoms with Crippen molar-refractivity contribution in [1.29, 1.82) is 0 Å². The van der Waals surface area contributed by atoms with Crippen LogP contribution in [0.25, 0.3) is 0 Å². The van der Waals surface area contributed by atoms with Crippen molar-refractivity contribution < 1.29 is 9.53 Å². The Balaban J connectivity index is 2.03. The molecule has 5 heteroatoms. The number of hydrogen-bond donors (Lipinski definition) is 1. The van der Waals surface area contributed by atoms with E-state index >= 15 is 0 Å². The summed E-state index contributed by atoms with van der Waals surface area (Å²) < 4.78 is 5.64. The van der Waals surface area contributed by atoms with Crippen molar-refractivity contribution >= 4 is 11.6 Å². The highest BCUT2D eigenvalue weighted by molar-refractivity contribution is 5.78. The Bertz CT molecular complexity index is 428. The molecule has 0 aliphatic carbocycles. The van der Waals surface area contributed by atoms with Crippen LogP contribution < -0.4 is 15.4 Å². The molecule has 0 atom stereocenters. The number of rotatable bonds is 4. The number of anilines is 1. The van der Waals surface area contributed by atoms with E-state index in [1.54, 1.807) is 0 Å². The van der Waals surface area contributed by atoms with Gasteiger partial charge in [0.25, 0.3) is 0 Å². The van der Waals surface area contributed by atoms with Gasteiger partial charge in [-0.25, -0.2) is 0 Å². The zero-order chi connectivity index (χ0) is 13.7. The van der Waals surface area contributed by atoms with E-state index in [0.717, 1.165) is 37.6 Å². The number of hydrogen-bond acceptors (Lipinski definition) is 4. The van der Waals surface area contributed by atoms with Crippen molar-refractivity contribution in [2.24, 2.45) is 5.73 Å². The quantitative estimate of drug-likeness (QED) is 0.868. The number of carbonyl (C=O) groups excluding carboxylic acids is 1. The van der Waals surface area contributed by atoms with Crippen LogP contribution in [0.3, 0.4) is 0 Å². The highest BCUT2D eigenvalue weighted by atomic mass is 16.5. The maximum Gasteiger partial charge on any atom is 0.236 e. The fourth-order valence-electron chi connectivity index (χ4n) is 2.32. The molecule has 104 valence electrons. The van der Waals surface area contributed by atoms with Crippen molar-refractivity contribution in [1.82, 2.24) is 4.90 Å². The number of amides is 1. The first-order valence-electron chi connectivity index (χ1n) is 6.71. The van der Waals surface area contributed by atoms with Gasteiger partial charge in [-0.2, -0.15) is 0 Å². The van der Waals surface area contributed by atoms with Crippen molar-refractivity contribution in [2.75, 3.05) is 44.2 Å². The molecule has 0 spiro atoms. The van der Waals surface area contributed by atoms with E-state index in [2.05, 4.69) is 11.0 Å². The van der Waals surface area contributed by atoms with Gasteiger partial charge in [-0.3, -0.25) is 4.79 Å². The van der Waals surface area contributed by atoms with Crippen LogP contribution in [0.1, 0.15) is 6.92 Å². The smallest absolute Gasteiger partial charge is 0.236 e. The van der Waals surface area contributed by atoms with Crippen molar-refractivity contribution in [3.05, 3.63) is 24.3 Å². The summed E-state index contributed by atoms with van der Waals surface area (Å²) in [4.78, 5) is 15.6. The van der Waals surface area contributed by atoms with Crippen LogP contribution in [0.5, 0.6) is 5.75 Å². The highest BCUT2D eigenvalue weighted by Crippen LogP contribution is 2.28. The Morgan fingerprint density at radius 1 is 1.26 bits per heavy atom. The molecule has 1 aromatic rings. The van der Waals surface area contributed by atoms with E-state index in [1.165, 1.54) is 0 Å². The molecule has 1 aliphatic rings. The third-order valence-electron chi connectivity index (χ3n) is 3.31. The zero-order valence-electron chi connectivity index (χ0n) is 11.3. The molecule has 1 amide bonds. The minimum atomic E-state index is 0.0257. The molecule has 0 radical (unpaired) electrons. The van der Waals surface area contributed by atoms with E-state index < -0.39 is 0 Å². The maximum absolute atomic E-state index is 11.5. The molecule has 0 saturated carbocycles. The van der Waals surface area contributed by atoms with Gasteiger partial charge in [0.1, 0.15) is 5.75 Å². The standard InChI is InChI=1S/C14H21N3O2/c1-2-19-13-6-4-3-5-12(13)16-7-9-17(10-8-16)14(18)11-15/h3-6H,2,7-11,15H2,1H3. The molecule has 0 aromatic heterocycles. The Morgan fingerprint density at radius 3 is 2.58 bits per heavy atom. The molecule has 1 aliphatic heterocycles. The number of para-hydroxylation sites is 2. The predicted octanol–water partition coefficient (Wildman–Crippen LogP) is 0.693. The van der Waals surface area contributed by atoms with Crippen molar-refractivity contribution in [2.45, 2.75) is 6.92 Å². The largest absolute Gasteiger partial charge is 0.492 e. The van der Waals surface area contributed by atoms with Gasteiger partial charge in [-0.1, -0.05) is 12.1 Å². The second kappa shape index (κ2) is 6.43. The molecule has 0 unspecified atom stereocenters. The van der Waals surface area contributed by atoms with Crippen LogP contribution in [-0.2, 0) is 4.79 Å². The predicted molar refractivity (Wildman–Crippen MR) is 75.5 cm³/mol. The number of nitrogens with zero attached hydrogens (tertiary/aromatic N) is 2. The lowest BCUT2D eigenvalue weighted by atomic mass is 10.2. The summed E-state index contributed by atoms with van der Waals surface area (Å²) >= 11 is 0. The first kappa shape index (κ1) is 13.7. The van der Waals surface area contributed by atoms with Crippen LogP contribution in [-0.4, -0.2) is 50.1 Å². The summed E-state index contributed by atoms with van der Waals surface area (Å²) in [5, 5.41) is 0. The first-order valence-corrected chi connectivity index (χ1v) is 6.71. The molecule has 19 heavy (non-hydrogen) atoms. The summed E-state index contributed by atoms with van der Waals surface area (Å²) in [6, 6.07) is 8.03. The van der Waals surface area contributed by atoms with E-state index in [9.17, 15) is 4.79 Å². The van der Waals surface area contributed by atoms with Gasteiger partial charge >= 0.3 is 0 Å². The molecule has 1 aromatic carbocycles. The number of ether oxygens (including phenoxy) is 1. The van der Waals surface area contributed by atoms with E-state index in [-0.39, 0.29) is 12.5 Å². The summed E-state index contributed by atoms with van der Waals surface area (Å²) in [6.07, 6.45) is 0. The Morgan fingerprint density at radius 2 is 1.95 bits per heavy atom. The molecule has 5 nitrogen and oxygen atoms in total. The summed E-state index contributed by atoms with van der Waals surface area (Å²) in [5.41, 5.74) is 6.49. The molecule has 2 N–H and O–H groups in total. The SMILES string of the molecule is CCOc1ccccc1N1CCN(C(=O)CN)CC1. The monoisotopic (exact) mass is 263 g/mol. The Hall–Kier alpha value is -1.75. The van der Waals surface area contributed by atoms with Gasteiger partial charge in [0.2, 0.25) is 5.91 Å². The van der Waals surface area contributed by atoms with Crippen LogP contribution in [0.2, 0.25) is 0 Å². The second-order valence-corrected chi connectivity index (χ2v) is 4.47. The van der Waals surface area contributed by atoms with Crippen molar-refractivity contribution in [3.63, 3.8) is 0 Å². The third kappa shape index (κ3) is 3.17. The third-order valence-corrected chi connectivity index (χ3v) is 3.31. The fourth-order valence-corrected chi connectivity index (χ4v) is 2.32. The van der Waals surface area contributed by atoms with Gasteiger partial charge in [0.05, 0.1) is 18.8 Å². The minimum Gasteiger partial charge on any atom is -0.492 e. The molecule has 1 saturated heterocycles. The van der Waals surface area contributed by atoms with E-state index in [4.69, 9.17) is 10.5 Å². The molecular weight excluding hydrogens is 242 g/mol. The van der Waals surface area contributed by atoms with E-state index in [0.29, 0.717) is 6.61 Å². The normalized spacial score (nSPS) is 15.5. The number of benzene rings is 1. The Kier molecular flexibility index (Phi) is 4.63. The molecule has 2 rings (SSSR count). The van der Waals surface area contributed by atoms with Crippen LogP contribution in [0.15, 0.2) is 24.3 Å². The lowest BCUT2D eigenvalue weighted by Gasteiger charge is -2.36. The zero-order valence-corrected chi connectivity index (χ0v) is 11.3. The average molecular weight is 263 g/mol. The van der Waals surface area contributed by atoms with Crippen LogP contribution in [0, 0.1) is 0 Å². The summed E-state index contributed by atoms with van der Waals surface area (Å²) in [7, 11) is 0. The van der Waals surface area contributed by atoms with Gasteiger partial charge in [-0.05, 0) is 19.1 Å². The molecule has 0 bridgehead atoms. The van der Waals surface area contributed by atoms with Gasteiger partial charge in [0, 0.05) is 26.2 Å². The fraction of sp³-hybridized carbons (Fsp3) is 0.500. The molecular formula is C14H21N3O2. The Labute approximate surface area is 113 Å². The second-order valence-electron chi connectivity index (χ2n) is 4.47. The van der Waals surface area contributed by atoms with Gasteiger partial charge < -0.3 is 20.3 Å². The topological polar surface area (TPSA) is 58.8 Å². The first-order chi connectivity index (χ1) is 9.26. The van der Waals surface area contributed by atoms with Crippen LogP contribution in [0.4, 0.5) is 5.69 Å². The van der Waals surface area contributed by atoms with Gasteiger partial charge in [-0.15, -0.1) is 0 Å². The lowest BCUT2D eigenvalue weighted by molar-refractivity contribution is -0.129. The van der Waals surface area contributed by atoms with E-state index in [1.807, 2.05) is 30.0 Å². The lowest BCUT2D eigenvalue weighted by Crippen LogP contribution is -2.50. The summed E-state index contributed by atoms with van der Waals surface area (Å²) in [6.45, 7) is 5.80. The number of carbonyl (C=O) groups is 1. The van der Waals surface area contributed by atoms with Crippen molar-refractivity contribution in [3.8, 4) is 5.75 Å².